The predicted molar refractivity (Wildman–Crippen MR) is 78.6 cm³/mol. The molecule has 0 saturated heterocycles. The molecule has 5 nitrogen and oxygen atoms in total. The van der Waals surface area contributed by atoms with Gasteiger partial charge in [0.25, 0.3) is 0 Å². The molecule has 0 fully saturated rings. The van der Waals surface area contributed by atoms with Crippen LogP contribution in [0.25, 0.3) is 0 Å². The molecule has 106 valence electrons. The summed E-state index contributed by atoms with van der Waals surface area (Å²) >= 11 is 0. The molecule has 2 aromatic rings. The molecule has 0 aliphatic heterocycles. The number of ether oxygens (including phenoxy) is 1. The van der Waals surface area contributed by atoms with E-state index in [4.69, 9.17) is 10.5 Å². The molecule has 0 atom stereocenters. The van der Waals surface area contributed by atoms with Crippen LogP contribution in [0.3, 0.4) is 0 Å². The summed E-state index contributed by atoms with van der Waals surface area (Å²) in [4.78, 5) is 12.2. The first-order chi connectivity index (χ1) is 9.68. The summed E-state index contributed by atoms with van der Waals surface area (Å²) in [6.07, 6.45) is 6.93. The van der Waals surface area contributed by atoms with Gasteiger partial charge in [-0.1, -0.05) is 13.8 Å². The number of hydrogen-bond acceptors (Lipinski definition) is 5. The molecule has 0 aliphatic carbocycles. The van der Waals surface area contributed by atoms with Gasteiger partial charge in [-0.25, -0.2) is 9.97 Å². The van der Waals surface area contributed by atoms with Gasteiger partial charge in [0.15, 0.2) is 0 Å². The third kappa shape index (κ3) is 3.66. The van der Waals surface area contributed by atoms with Crippen LogP contribution in [-0.4, -0.2) is 21.6 Å². The van der Waals surface area contributed by atoms with Gasteiger partial charge in [0.1, 0.15) is 12.1 Å². The van der Waals surface area contributed by atoms with Crippen LogP contribution in [0.4, 0.5) is 5.82 Å². The highest BCUT2D eigenvalue weighted by Crippen LogP contribution is 2.27. The van der Waals surface area contributed by atoms with Crippen molar-refractivity contribution < 1.29 is 4.74 Å². The van der Waals surface area contributed by atoms with Crippen molar-refractivity contribution in [1.82, 2.24) is 15.0 Å². The van der Waals surface area contributed by atoms with Gasteiger partial charge in [0.2, 0.25) is 5.88 Å². The highest BCUT2D eigenvalue weighted by atomic mass is 16.5. The van der Waals surface area contributed by atoms with Crippen LogP contribution < -0.4 is 10.5 Å². The standard InChI is InChI=1S/C15H20N4O/c1-11(2)13-14(16)18-10-19-15(13)20-9-3-4-12-5-7-17-8-6-12/h5-8,10-11H,3-4,9H2,1-2H3,(H2,16,18,19). The van der Waals surface area contributed by atoms with Gasteiger partial charge < -0.3 is 10.5 Å². The Morgan fingerprint density at radius 3 is 2.65 bits per heavy atom. The molecule has 2 aromatic heterocycles. The molecular weight excluding hydrogens is 252 g/mol. The van der Waals surface area contributed by atoms with Gasteiger partial charge in [-0.05, 0) is 36.5 Å². The summed E-state index contributed by atoms with van der Waals surface area (Å²) in [6, 6.07) is 4.03. The number of hydrogen-bond donors (Lipinski definition) is 1. The fourth-order valence-electron chi connectivity index (χ4n) is 2.04. The van der Waals surface area contributed by atoms with Crippen LogP contribution in [0.15, 0.2) is 30.9 Å². The van der Waals surface area contributed by atoms with Crippen molar-refractivity contribution in [2.75, 3.05) is 12.3 Å². The summed E-state index contributed by atoms with van der Waals surface area (Å²) in [6.45, 7) is 4.72. The van der Waals surface area contributed by atoms with Crippen molar-refractivity contribution in [3.63, 3.8) is 0 Å². The summed E-state index contributed by atoms with van der Waals surface area (Å²) < 4.78 is 5.75. The van der Waals surface area contributed by atoms with Crippen molar-refractivity contribution in [3.05, 3.63) is 42.0 Å². The summed E-state index contributed by atoms with van der Waals surface area (Å²) in [7, 11) is 0. The highest BCUT2D eigenvalue weighted by molar-refractivity contribution is 5.46. The quantitative estimate of drug-likeness (QED) is 0.818. The van der Waals surface area contributed by atoms with Crippen LogP contribution in [0, 0.1) is 0 Å². The van der Waals surface area contributed by atoms with Crippen molar-refractivity contribution in [2.45, 2.75) is 32.6 Å². The van der Waals surface area contributed by atoms with Gasteiger partial charge in [0.05, 0.1) is 12.2 Å². The average molecular weight is 272 g/mol. The Morgan fingerprint density at radius 1 is 1.20 bits per heavy atom. The van der Waals surface area contributed by atoms with Gasteiger partial charge in [0, 0.05) is 12.4 Å². The number of nitrogens with zero attached hydrogens (tertiary/aromatic N) is 3. The minimum Gasteiger partial charge on any atom is -0.477 e. The zero-order valence-corrected chi connectivity index (χ0v) is 11.9. The summed E-state index contributed by atoms with van der Waals surface area (Å²) in [5.41, 5.74) is 8.02. The topological polar surface area (TPSA) is 73.9 Å². The maximum atomic E-state index is 5.88. The summed E-state index contributed by atoms with van der Waals surface area (Å²) in [5.74, 6) is 1.34. The Labute approximate surface area is 119 Å². The molecule has 0 bridgehead atoms. The van der Waals surface area contributed by atoms with E-state index in [2.05, 4.69) is 28.8 Å². The van der Waals surface area contributed by atoms with E-state index in [1.807, 2.05) is 12.1 Å². The number of rotatable bonds is 6. The van der Waals surface area contributed by atoms with Crippen LogP contribution in [0.5, 0.6) is 5.88 Å². The number of pyridine rings is 1. The first-order valence-electron chi connectivity index (χ1n) is 6.80. The van der Waals surface area contributed by atoms with Crippen LogP contribution in [0.1, 0.15) is 37.3 Å². The summed E-state index contributed by atoms with van der Waals surface area (Å²) in [5, 5.41) is 0. The van der Waals surface area contributed by atoms with Gasteiger partial charge in [-0.2, -0.15) is 0 Å². The largest absolute Gasteiger partial charge is 0.477 e. The van der Waals surface area contributed by atoms with E-state index in [0.717, 1.165) is 18.4 Å². The third-order valence-electron chi connectivity index (χ3n) is 3.05. The van der Waals surface area contributed by atoms with Crippen molar-refractivity contribution in [1.29, 1.82) is 0 Å². The molecule has 0 saturated carbocycles. The maximum Gasteiger partial charge on any atom is 0.222 e. The molecule has 0 aliphatic rings. The van der Waals surface area contributed by atoms with Gasteiger partial charge >= 0.3 is 0 Å². The molecule has 5 heteroatoms. The molecule has 0 radical (unpaired) electrons. The van der Waals surface area contributed by atoms with Crippen molar-refractivity contribution in [2.24, 2.45) is 0 Å². The minimum atomic E-state index is 0.242. The predicted octanol–water partition coefficient (Wildman–Crippen LogP) is 2.59. The monoisotopic (exact) mass is 272 g/mol. The Kier molecular flexibility index (Phi) is 4.87. The molecule has 0 unspecified atom stereocenters. The molecule has 0 aromatic carbocycles. The molecule has 20 heavy (non-hydrogen) atoms. The first kappa shape index (κ1) is 14.2. The molecule has 2 rings (SSSR count). The lowest BCUT2D eigenvalue weighted by Gasteiger charge is -2.13. The first-order valence-corrected chi connectivity index (χ1v) is 6.80. The number of nitrogen functional groups attached to an aromatic ring is 1. The highest BCUT2D eigenvalue weighted by Gasteiger charge is 2.13. The Bertz CT molecular complexity index is 543. The van der Waals surface area contributed by atoms with Crippen LogP contribution >= 0.6 is 0 Å². The lowest BCUT2D eigenvalue weighted by molar-refractivity contribution is 0.294. The second kappa shape index (κ2) is 6.84. The zero-order chi connectivity index (χ0) is 14.4. The van der Waals surface area contributed by atoms with Gasteiger partial charge in [-0.3, -0.25) is 4.98 Å². The van der Waals surface area contributed by atoms with Crippen molar-refractivity contribution >= 4 is 5.82 Å². The van der Waals surface area contributed by atoms with Crippen LogP contribution in [-0.2, 0) is 6.42 Å². The smallest absolute Gasteiger partial charge is 0.222 e. The molecular formula is C15H20N4O. The Morgan fingerprint density at radius 2 is 1.95 bits per heavy atom. The normalized spacial score (nSPS) is 10.8. The lowest BCUT2D eigenvalue weighted by atomic mass is 10.1. The number of anilines is 1. The van der Waals surface area contributed by atoms with E-state index < -0.39 is 0 Å². The van der Waals surface area contributed by atoms with Gasteiger partial charge in [-0.15, -0.1) is 0 Å². The van der Waals surface area contributed by atoms with E-state index in [9.17, 15) is 0 Å². The Balaban J connectivity index is 1.90. The number of aryl methyl sites for hydroxylation is 1. The molecule has 2 heterocycles. The van der Waals surface area contributed by atoms with Crippen LogP contribution in [0.2, 0.25) is 0 Å². The van der Waals surface area contributed by atoms with E-state index in [-0.39, 0.29) is 5.92 Å². The van der Waals surface area contributed by atoms with E-state index >= 15 is 0 Å². The Hall–Kier alpha value is -2.17. The van der Waals surface area contributed by atoms with E-state index in [1.54, 1.807) is 12.4 Å². The van der Waals surface area contributed by atoms with E-state index in [1.165, 1.54) is 11.9 Å². The fraction of sp³-hybridized carbons (Fsp3) is 0.400. The number of nitrogens with two attached hydrogens (primary N) is 1. The average Bonchev–Trinajstić information content (AvgIpc) is 2.44. The zero-order valence-electron chi connectivity index (χ0n) is 11.9. The second-order valence-corrected chi connectivity index (χ2v) is 4.94. The SMILES string of the molecule is CC(C)c1c(N)ncnc1OCCCc1ccncc1. The number of aromatic nitrogens is 3. The van der Waals surface area contributed by atoms with Crippen molar-refractivity contribution in [3.8, 4) is 5.88 Å². The molecule has 0 amide bonds. The molecule has 0 spiro atoms. The second-order valence-electron chi connectivity index (χ2n) is 4.94. The lowest BCUT2D eigenvalue weighted by Crippen LogP contribution is -2.08. The molecule has 2 N–H and O–H groups in total. The fourth-order valence-corrected chi connectivity index (χ4v) is 2.04. The third-order valence-corrected chi connectivity index (χ3v) is 3.05. The van der Waals surface area contributed by atoms with E-state index in [0.29, 0.717) is 18.3 Å². The minimum absolute atomic E-state index is 0.242. The maximum absolute atomic E-state index is 5.88.